The van der Waals surface area contributed by atoms with Gasteiger partial charge >= 0.3 is 0 Å². The number of halogens is 1. The molecule has 2 aromatic rings. The van der Waals surface area contributed by atoms with Gasteiger partial charge in [-0.1, -0.05) is 12.1 Å². The molecule has 1 aromatic heterocycles. The topological polar surface area (TPSA) is 58.1 Å². The lowest BCUT2D eigenvalue weighted by molar-refractivity contribution is 0.102. The van der Waals surface area contributed by atoms with E-state index in [9.17, 15) is 9.18 Å². The molecule has 5 nitrogen and oxygen atoms in total. The minimum absolute atomic E-state index is 0.0134. The number of carbonyl (C=O) groups excluding carboxylic acids is 1. The van der Waals surface area contributed by atoms with Crippen LogP contribution in [0.5, 0.6) is 0 Å². The molecule has 0 fully saturated rings. The molecule has 6 heteroatoms. The summed E-state index contributed by atoms with van der Waals surface area (Å²) < 4.78 is 13.6. The van der Waals surface area contributed by atoms with E-state index in [-0.39, 0.29) is 5.56 Å². The Hall–Kier alpha value is -2.50. The van der Waals surface area contributed by atoms with Gasteiger partial charge in [-0.15, -0.1) is 0 Å². The van der Waals surface area contributed by atoms with Gasteiger partial charge in [-0.05, 0) is 26.0 Å². The summed E-state index contributed by atoms with van der Waals surface area (Å²) in [6.07, 6.45) is 1.38. The molecule has 0 bridgehead atoms. The van der Waals surface area contributed by atoms with Crippen molar-refractivity contribution in [3.8, 4) is 0 Å². The first-order chi connectivity index (χ1) is 10.2. The minimum Gasteiger partial charge on any atom is -0.357 e. The second-order valence-corrected chi connectivity index (χ2v) is 4.37. The first-order valence-corrected chi connectivity index (χ1v) is 6.78. The van der Waals surface area contributed by atoms with E-state index < -0.39 is 11.7 Å². The fraction of sp³-hybridized carbons (Fsp3) is 0.267. The number of rotatable bonds is 5. The smallest absolute Gasteiger partial charge is 0.259 e. The molecule has 0 aliphatic heterocycles. The number of nitrogens with one attached hydrogen (secondary N) is 1. The average Bonchev–Trinajstić information content (AvgIpc) is 2.49. The Morgan fingerprint density at radius 1 is 1.24 bits per heavy atom. The minimum atomic E-state index is -0.562. The fourth-order valence-electron chi connectivity index (χ4n) is 1.96. The zero-order chi connectivity index (χ0) is 15.2. The quantitative estimate of drug-likeness (QED) is 0.919. The van der Waals surface area contributed by atoms with Crippen LogP contribution in [0, 0.1) is 5.82 Å². The van der Waals surface area contributed by atoms with E-state index in [1.54, 1.807) is 12.1 Å². The molecule has 0 aliphatic carbocycles. The lowest BCUT2D eigenvalue weighted by atomic mass is 10.2. The van der Waals surface area contributed by atoms with Crippen LogP contribution >= 0.6 is 0 Å². The van der Waals surface area contributed by atoms with E-state index in [1.165, 1.54) is 24.5 Å². The van der Waals surface area contributed by atoms with Crippen LogP contribution in [0.15, 0.2) is 36.7 Å². The maximum atomic E-state index is 13.6. The Labute approximate surface area is 122 Å². The van der Waals surface area contributed by atoms with E-state index in [1.807, 2.05) is 18.7 Å². The molecule has 0 atom stereocenters. The number of hydrogen-bond acceptors (Lipinski definition) is 4. The third kappa shape index (κ3) is 3.53. The summed E-state index contributed by atoms with van der Waals surface area (Å²) >= 11 is 0. The van der Waals surface area contributed by atoms with Crippen LogP contribution in [0.4, 0.5) is 16.0 Å². The van der Waals surface area contributed by atoms with Gasteiger partial charge in [0, 0.05) is 19.2 Å². The molecular weight excluding hydrogens is 271 g/mol. The van der Waals surface area contributed by atoms with Crippen molar-refractivity contribution in [3.63, 3.8) is 0 Å². The lowest BCUT2D eigenvalue weighted by Crippen LogP contribution is -2.23. The third-order valence-corrected chi connectivity index (χ3v) is 3.10. The number of carbonyl (C=O) groups is 1. The van der Waals surface area contributed by atoms with Crippen molar-refractivity contribution in [2.45, 2.75) is 13.8 Å². The molecule has 0 saturated heterocycles. The molecule has 1 heterocycles. The highest BCUT2D eigenvalue weighted by molar-refractivity contribution is 6.04. The van der Waals surface area contributed by atoms with E-state index in [4.69, 9.17) is 0 Å². The van der Waals surface area contributed by atoms with Gasteiger partial charge in [0.05, 0.1) is 5.56 Å². The Morgan fingerprint density at radius 3 is 2.62 bits per heavy atom. The second kappa shape index (κ2) is 6.78. The average molecular weight is 288 g/mol. The third-order valence-electron chi connectivity index (χ3n) is 3.10. The van der Waals surface area contributed by atoms with Gasteiger partial charge in [0.2, 0.25) is 0 Å². The fourth-order valence-corrected chi connectivity index (χ4v) is 1.96. The van der Waals surface area contributed by atoms with Crippen molar-refractivity contribution in [1.29, 1.82) is 0 Å². The largest absolute Gasteiger partial charge is 0.357 e. The van der Waals surface area contributed by atoms with Crippen molar-refractivity contribution in [2.24, 2.45) is 0 Å². The molecule has 1 amide bonds. The number of benzene rings is 1. The van der Waals surface area contributed by atoms with E-state index >= 15 is 0 Å². The van der Waals surface area contributed by atoms with Crippen molar-refractivity contribution in [1.82, 2.24) is 9.97 Å². The van der Waals surface area contributed by atoms with Crippen molar-refractivity contribution in [2.75, 3.05) is 23.3 Å². The van der Waals surface area contributed by atoms with Crippen LogP contribution in [-0.2, 0) is 0 Å². The van der Waals surface area contributed by atoms with Crippen LogP contribution in [0.2, 0.25) is 0 Å². The Kier molecular flexibility index (Phi) is 4.81. The SMILES string of the molecule is CCN(CC)c1cc(NC(=O)c2ccccc2F)ncn1. The zero-order valence-electron chi connectivity index (χ0n) is 12.0. The molecule has 2 rings (SSSR count). The molecule has 0 radical (unpaired) electrons. The molecule has 110 valence electrons. The number of nitrogens with zero attached hydrogens (tertiary/aromatic N) is 3. The predicted molar refractivity (Wildman–Crippen MR) is 79.9 cm³/mol. The number of anilines is 2. The van der Waals surface area contributed by atoms with Crippen LogP contribution in [0.1, 0.15) is 24.2 Å². The summed E-state index contributed by atoms with van der Waals surface area (Å²) in [6.45, 7) is 5.63. The summed E-state index contributed by atoms with van der Waals surface area (Å²) in [7, 11) is 0. The van der Waals surface area contributed by atoms with Gasteiger partial charge in [-0.2, -0.15) is 0 Å². The van der Waals surface area contributed by atoms with Crippen molar-refractivity contribution in [3.05, 3.63) is 48.0 Å². The van der Waals surface area contributed by atoms with Crippen LogP contribution in [-0.4, -0.2) is 29.0 Å². The molecule has 1 aromatic carbocycles. The Morgan fingerprint density at radius 2 is 1.95 bits per heavy atom. The predicted octanol–water partition coefficient (Wildman–Crippen LogP) is 2.71. The molecule has 0 saturated carbocycles. The summed E-state index contributed by atoms with van der Waals surface area (Å²) in [5.74, 6) is -0.0238. The van der Waals surface area contributed by atoms with Gasteiger partial charge < -0.3 is 10.2 Å². The van der Waals surface area contributed by atoms with Gasteiger partial charge in [0.1, 0.15) is 23.8 Å². The molecule has 0 spiro atoms. The standard InChI is InChI=1S/C15H17FN4O/c1-3-20(4-2)14-9-13(17-10-18-14)19-15(21)11-7-5-6-8-12(11)16/h5-10H,3-4H2,1-2H3,(H,17,18,19,21). The monoisotopic (exact) mass is 288 g/mol. The Balaban J connectivity index is 2.18. The summed E-state index contributed by atoms with van der Waals surface area (Å²) in [5, 5.41) is 2.59. The van der Waals surface area contributed by atoms with Crippen molar-refractivity contribution < 1.29 is 9.18 Å². The normalized spacial score (nSPS) is 10.2. The first kappa shape index (κ1) is 14.9. The van der Waals surface area contributed by atoms with E-state index in [2.05, 4.69) is 15.3 Å². The zero-order valence-corrected chi connectivity index (χ0v) is 12.0. The van der Waals surface area contributed by atoms with E-state index in [0.717, 1.165) is 18.9 Å². The Bertz CT molecular complexity index is 629. The second-order valence-electron chi connectivity index (χ2n) is 4.37. The summed E-state index contributed by atoms with van der Waals surface area (Å²) in [4.78, 5) is 22.2. The van der Waals surface area contributed by atoms with Gasteiger partial charge in [-0.3, -0.25) is 4.79 Å². The number of hydrogen-bond donors (Lipinski definition) is 1. The maximum Gasteiger partial charge on any atom is 0.259 e. The van der Waals surface area contributed by atoms with Gasteiger partial charge in [0.25, 0.3) is 5.91 Å². The van der Waals surface area contributed by atoms with Gasteiger partial charge in [-0.25, -0.2) is 14.4 Å². The highest BCUT2D eigenvalue weighted by Crippen LogP contribution is 2.15. The van der Waals surface area contributed by atoms with Crippen molar-refractivity contribution >= 4 is 17.5 Å². The number of aromatic nitrogens is 2. The van der Waals surface area contributed by atoms with Crippen LogP contribution in [0.3, 0.4) is 0 Å². The highest BCUT2D eigenvalue weighted by Gasteiger charge is 2.12. The van der Waals surface area contributed by atoms with Crippen LogP contribution < -0.4 is 10.2 Å². The lowest BCUT2D eigenvalue weighted by Gasteiger charge is -2.19. The molecule has 0 unspecified atom stereocenters. The molecule has 0 aliphatic rings. The molecular formula is C15H17FN4O. The van der Waals surface area contributed by atoms with E-state index in [0.29, 0.717) is 5.82 Å². The summed E-state index contributed by atoms with van der Waals surface area (Å²) in [6, 6.07) is 7.49. The maximum absolute atomic E-state index is 13.6. The van der Waals surface area contributed by atoms with Gasteiger partial charge in [0.15, 0.2) is 0 Å². The highest BCUT2D eigenvalue weighted by atomic mass is 19.1. The van der Waals surface area contributed by atoms with Crippen LogP contribution in [0.25, 0.3) is 0 Å². The molecule has 1 N–H and O–H groups in total. The summed E-state index contributed by atoms with van der Waals surface area (Å²) in [5.41, 5.74) is -0.0134. The number of amides is 1. The molecule has 21 heavy (non-hydrogen) atoms. The first-order valence-electron chi connectivity index (χ1n) is 6.78.